The zero-order chi connectivity index (χ0) is 14.8. The van der Waals surface area contributed by atoms with Crippen LogP contribution in [-0.4, -0.2) is 34.6 Å². The number of ether oxygens (including phenoxy) is 1. The van der Waals surface area contributed by atoms with E-state index in [9.17, 15) is 0 Å². The first-order chi connectivity index (χ1) is 10.3. The Balaban J connectivity index is 1.46. The summed E-state index contributed by atoms with van der Waals surface area (Å²) in [6.45, 7) is 1.59. The fourth-order valence-corrected chi connectivity index (χ4v) is 2.50. The van der Waals surface area contributed by atoms with Crippen molar-refractivity contribution in [1.29, 1.82) is 0 Å². The van der Waals surface area contributed by atoms with Gasteiger partial charge >= 0.3 is 0 Å². The lowest BCUT2D eigenvalue weighted by atomic mass is 10.3. The van der Waals surface area contributed by atoms with Crippen LogP contribution in [0.1, 0.15) is 6.42 Å². The maximum absolute atomic E-state index is 5.81. The lowest BCUT2D eigenvalue weighted by Crippen LogP contribution is -2.06. The van der Waals surface area contributed by atoms with Gasteiger partial charge in [0.25, 0.3) is 0 Å². The number of anilines is 1. The third kappa shape index (κ3) is 6.69. The average molecular weight is 324 g/mol. The van der Waals surface area contributed by atoms with Crippen molar-refractivity contribution in [3.63, 3.8) is 0 Å². The van der Waals surface area contributed by atoms with E-state index in [1.165, 1.54) is 0 Å². The van der Waals surface area contributed by atoms with Gasteiger partial charge in [0.15, 0.2) is 0 Å². The number of nitrogens with zero attached hydrogens (tertiary/aromatic N) is 2. The number of rotatable bonds is 9. The molecule has 0 spiro atoms. The number of halogens is 1. The predicted octanol–water partition coefficient (Wildman–Crippen LogP) is 3.74. The highest BCUT2D eigenvalue weighted by atomic mass is 35.5. The molecule has 0 aliphatic heterocycles. The van der Waals surface area contributed by atoms with Crippen LogP contribution in [0, 0.1) is 0 Å². The van der Waals surface area contributed by atoms with E-state index < -0.39 is 0 Å². The van der Waals surface area contributed by atoms with Gasteiger partial charge in [-0.15, -0.1) is 0 Å². The minimum absolute atomic E-state index is 0.688. The second-order valence-electron chi connectivity index (χ2n) is 4.27. The second-order valence-corrected chi connectivity index (χ2v) is 5.93. The van der Waals surface area contributed by atoms with Crippen LogP contribution in [0.25, 0.3) is 0 Å². The van der Waals surface area contributed by atoms with Crippen molar-refractivity contribution in [3.05, 3.63) is 47.7 Å². The predicted molar refractivity (Wildman–Crippen MR) is 89.4 cm³/mol. The first kappa shape index (κ1) is 15.9. The van der Waals surface area contributed by atoms with Crippen LogP contribution in [0.15, 0.2) is 42.7 Å². The van der Waals surface area contributed by atoms with Crippen LogP contribution in [0.4, 0.5) is 5.95 Å². The lowest BCUT2D eigenvalue weighted by molar-refractivity contribution is 0.344. The van der Waals surface area contributed by atoms with E-state index in [0.717, 1.165) is 35.2 Å². The number of benzene rings is 1. The fourth-order valence-electron chi connectivity index (χ4n) is 1.62. The van der Waals surface area contributed by atoms with E-state index in [-0.39, 0.29) is 0 Å². The van der Waals surface area contributed by atoms with Gasteiger partial charge in [-0.25, -0.2) is 9.97 Å². The Labute approximate surface area is 134 Å². The van der Waals surface area contributed by atoms with Crippen LogP contribution >= 0.6 is 23.4 Å². The summed E-state index contributed by atoms with van der Waals surface area (Å²) >= 11 is 7.69. The molecule has 6 heteroatoms. The number of hydrogen-bond donors (Lipinski definition) is 1. The SMILES string of the molecule is Clc1ccc(OCCSCCCNc2ncccn2)cc1. The molecule has 112 valence electrons. The molecule has 0 bridgehead atoms. The molecule has 0 fully saturated rings. The van der Waals surface area contributed by atoms with Crippen molar-refractivity contribution in [2.24, 2.45) is 0 Å². The highest BCUT2D eigenvalue weighted by Gasteiger charge is 1.96. The Kier molecular flexibility index (Phi) is 7.18. The molecule has 0 unspecified atom stereocenters. The summed E-state index contributed by atoms with van der Waals surface area (Å²) in [5.41, 5.74) is 0. The highest BCUT2D eigenvalue weighted by Crippen LogP contribution is 2.15. The molecule has 2 aromatic rings. The molecule has 0 aliphatic carbocycles. The standard InChI is InChI=1S/C15H18ClN3OS/c16-13-3-5-14(6-4-13)20-10-12-21-11-2-9-19-15-17-7-1-8-18-15/h1,3-8H,2,9-12H2,(H,17,18,19). The van der Waals surface area contributed by atoms with Crippen LogP contribution < -0.4 is 10.1 Å². The summed E-state index contributed by atoms with van der Waals surface area (Å²) in [7, 11) is 0. The van der Waals surface area contributed by atoms with Gasteiger partial charge < -0.3 is 10.1 Å². The van der Waals surface area contributed by atoms with Gasteiger partial charge in [-0.3, -0.25) is 0 Å². The molecule has 1 N–H and O–H groups in total. The van der Waals surface area contributed by atoms with E-state index in [1.807, 2.05) is 42.1 Å². The topological polar surface area (TPSA) is 47.0 Å². The molecular formula is C15H18ClN3OS. The number of thioether (sulfide) groups is 1. The zero-order valence-corrected chi connectivity index (χ0v) is 13.2. The summed E-state index contributed by atoms with van der Waals surface area (Å²) in [5.74, 6) is 3.62. The summed E-state index contributed by atoms with van der Waals surface area (Å²) < 4.78 is 5.62. The van der Waals surface area contributed by atoms with Gasteiger partial charge in [0.1, 0.15) is 5.75 Å². The number of hydrogen-bond acceptors (Lipinski definition) is 5. The highest BCUT2D eigenvalue weighted by molar-refractivity contribution is 7.99. The Morgan fingerprint density at radius 3 is 2.62 bits per heavy atom. The molecule has 0 saturated heterocycles. The van der Waals surface area contributed by atoms with Crippen LogP contribution in [0.2, 0.25) is 5.02 Å². The minimum atomic E-state index is 0.688. The first-order valence-corrected chi connectivity index (χ1v) is 8.35. The van der Waals surface area contributed by atoms with Crippen molar-refractivity contribution in [2.45, 2.75) is 6.42 Å². The maximum Gasteiger partial charge on any atom is 0.222 e. The normalized spacial score (nSPS) is 10.3. The smallest absolute Gasteiger partial charge is 0.222 e. The van der Waals surface area contributed by atoms with Crippen molar-refractivity contribution in [3.8, 4) is 5.75 Å². The molecule has 1 aromatic carbocycles. The number of nitrogens with one attached hydrogen (secondary N) is 1. The van der Waals surface area contributed by atoms with Crippen LogP contribution in [0.3, 0.4) is 0 Å². The Bertz CT molecular complexity index is 510. The third-order valence-corrected chi connectivity index (χ3v) is 3.91. The molecule has 0 radical (unpaired) electrons. The molecular weight excluding hydrogens is 306 g/mol. The van der Waals surface area contributed by atoms with Crippen LogP contribution in [-0.2, 0) is 0 Å². The first-order valence-electron chi connectivity index (χ1n) is 6.81. The monoisotopic (exact) mass is 323 g/mol. The van der Waals surface area contributed by atoms with Gasteiger partial charge in [0.2, 0.25) is 5.95 Å². The van der Waals surface area contributed by atoms with Crippen molar-refractivity contribution >= 4 is 29.3 Å². The average Bonchev–Trinajstić information content (AvgIpc) is 2.53. The quantitative estimate of drug-likeness (QED) is 0.712. The van der Waals surface area contributed by atoms with Gasteiger partial charge in [0.05, 0.1) is 6.61 Å². The summed E-state index contributed by atoms with van der Waals surface area (Å²) in [5, 5.41) is 3.92. The van der Waals surface area contributed by atoms with E-state index in [4.69, 9.17) is 16.3 Å². The van der Waals surface area contributed by atoms with Crippen molar-refractivity contribution < 1.29 is 4.74 Å². The summed E-state index contributed by atoms with van der Waals surface area (Å²) in [4.78, 5) is 8.21. The molecule has 4 nitrogen and oxygen atoms in total. The van der Waals surface area contributed by atoms with Gasteiger partial charge in [0, 0.05) is 29.7 Å². The van der Waals surface area contributed by atoms with Crippen molar-refractivity contribution in [1.82, 2.24) is 9.97 Å². The van der Waals surface area contributed by atoms with E-state index in [2.05, 4.69) is 15.3 Å². The molecule has 0 atom stereocenters. The maximum atomic E-state index is 5.81. The van der Waals surface area contributed by atoms with Gasteiger partial charge in [-0.05, 0) is 42.5 Å². The largest absolute Gasteiger partial charge is 0.493 e. The Morgan fingerprint density at radius 1 is 1.10 bits per heavy atom. The van der Waals surface area contributed by atoms with Gasteiger partial charge in [-0.2, -0.15) is 11.8 Å². The van der Waals surface area contributed by atoms with E-state index >= 15 is 0 Å². The van der Waals surface area contributed by atoms with Gasteiger partial charge in [-0.1, -0.05) is 11.6 Å². The van der Waals surface area contributed by atoms with Crippen molar-refractivity contribution in [2.75, 3.05) is 30.0 Å². The third-order valence-electron chi connectivity index (χ3n) is 2.62. The van der Waals surface area contributed by atoms with E-state index in [1.54, 1.807) is 12.4 Å². The van der Waals surface area contributed by atoms with Crippen LogP contribution in [0.5, 0.6) is 5.75 Å². The second kappa shape index (κ2) is 9.47. The molecule has 0 amide bonds. The molecule has 0 saturated carbocycles. The molecule has 0 aliphatic rings. The molecule has 1 heterocycles. The summed E-state index contributed by atoms with van der Waals surface area (Å²) in [6.07, 6.45) is 4.54. The zero-order valence-electron chi connectivity index (χ0n) is 11.7. The molecule has 21 heavy (non-hydrogen) atoms. The Hall–Kier alpha value is -1.46. The number of aromatic nitrogens is 2. The lowest BCUT2D eigenvalue weighted by Gasteiger charge is -2.06. The summed E-state index contributed by atoms with van der Waals surface area (Å²) in [6, 6.07) is 9.25. The molecule has 1 aromatic heterocycles. The molecule has 2 rings (SSSR count). The fraction of sp³-hybridized carbons (Fsp3) is 0.333. The minimum Gasteiger partial charge on any atom is -0.493 e. The van der Waals surface area contributed by atoms with E-state index in [0.29, 0.717) is 12.6 Å². The Morgan fingerprint density at radius 2 is 1.86 bits per heavy atom.